The predicted octanol–water partition coefficient (Wildman–Crippen LogP) is 0.421. The Hall–Kier alpha value is -2.04. The van der Waals surface area contributed by atoms with Crippen LogP contribution in [0.25, 0.3) is 0 Å². The Morgan fingerprint density at radius 3 is 3.00 bits per heavy atom. The fourth-order valence-corrected chi connectivity index (χ4v) is 0.902. The van der Waals surface area contributed by atoms with Gasteiger partial charge in [0.05, 0.1) is 19.1 Å². The van der Waals surface area contributed by atoms with Gasteiger partial charge in [0.2, 0.25) is 0 Å². The molecule has 1 heterocycles. The van der Waals surface area contributed by atoms with Crippen molar-refractivity contribution < 1.29 is 5.11 Å². The van der Waals surface area contributed by atoms with Gasteiger partial charge in [-0.25, -0.2) is 4.98 Å². The van der Waals surface area contributed by atoms with E-state index in [0.717, 1.165) is 0 Å². The van der Waals surface area contributed by atoms with Crippen LogP contribution in [0.1, 0.15) is 17.5 Å². The molecule has 1 rings (SSSR count). The molecule has 0 amide bonds. The van der Waals surface area contributed by atoms with Gasteiger partial charge in [0.15, 0.2) is 0 Å². The van der Waals surface area contributed by atoms with E-state index in [4.69, 9.17) is 16.1 Å². The zero-order chi connectivity index (χ0) is 10.4. The number of aliphatic hydroxyl groups excluding tert-OH is 1. The van der Waals surface area contributed by atoms with Crippen molar-refractivity contribution in [1.29, 1.82) is 5.26 Å². The normalized spacial score (nSPS) is 8.57. The second-order valence-electron chi connectivity index (χ2n) is 2.56. The average Bonchev–Trinajstić information content (AvgIpc) is 2.21. The lowest BCUT2D eigenvalue weighted by molar-refractivity contribution is 0.282. The second kappa shape index (κ2) is 4.86. The Balaban J connectivity index is 2.92. The quantitative estimate of drug-likeness (QED) is 0.624. The van der Waals surface area contributed by atoms with Crippen LogP contribution in [-0.2, 0) is 6.61 Å². The minimum absolute atomic E-state index is 0.160. The molecule has 0 spiro atoms. The highest BCUT2D eigenvalue weighted by molar-refractivity contribution is 5.45. The van der Waals surface area contributed by atoms with E-state index in [0.29, 0.717) is 16.9 Å². The molecule has 0 radical (unpaired) electrons. The molecule has 0 bridgehead atoms. The number of aromatic nitrogens is 1. The summed E-state index contributed by atoms with van der Waals surface area (Å²) < 4.78 is 0. The lowest BCUT2D eigenvalue weighted by Crippen LogP contribution is -1.98. The third-order valence-electron chi connectivity index (χ3n) is 1.57. The first-order valence-electron chi connectivity index (χ1n) is 3.99. The number of hydrogen-bond acceptors (Lipinski definition) is 4. The number of rotatable bonds is 1. The number of anilines is 1. The van der Waals surface area contributed by atoms with E-state index in [1.165, 1.54) is 6.20 Å². The topological polar surface area (TPSA) is 82.9 Å². The van der Waals surface area contributed by atoms with Crippen LogP contribution in [0, 0.1) is 23.2 Å². The maximum absolute atomic E-state index is 8.89. The summed E-state index contributed by atoms with van der Waals surface area (Å²) in [6, 6.07) is 3.57. The van der Waals surface area contributed by atoms with Crippen LogP contribution >= 0.6 is 0 Å². The fraction of sp³-hybridized carbons (Fsp3) is 0.200. The van der Waals surface area contributed by atoms with E-state index in [2.05, 4.69) is 16.8 Å². The Morgan fingerprint density at radius 1 is 1.57 bits per heavy atom. The Kier molecular flexibility index (Phi) is 3.49. The third-order valence-corrected chi connectivity index (χ3v) is 1.57. The molecule has 0 fully saturated rings. The SMILES string of the molecule is N#CCC#Cc1cnc(N)c(CO)c1. The number of nitrogens with two attached hydrogens (primary N) is 1. The highest BCUT2D eigenvalue weighted by Gasteiger charge is 1.98. The van der Waals surface area contributed by atoms with Gasteiger partial charge in [0, 0.05) is 17.3 Å². The molecule has 0 aliphatic rings. The van der Waals surface area contributed by atoms with Crippen molar-refractivity contribution in [3.8, 4) is 17.9 Å². The highest BCUT2D eigenvalue weighted by Crippen LogP contribution is 2.09. The summed E-state index contributed by atoms with van der Waals surface area (Å²) in [6.45, 7) is -0.160. The summed E-state index contributed by atoms with van der Waals surface area (Å²) in [5.41, 5.74) is 6.68. The molecule has 0 saturated carbocycles. The first-order valence-corrected chi connectivity index (χ1v) is 3.99. The standard InChI is InChI=1S/C10H9N3O/c11-4-2-1-3-8-5-9(7-14)10(12)13-6-8/h5-6,14H,2,7H2,(H2,12,13). The van der Waals surface area contributed by atoms with Crippen molar-refractivity contribution >= 4 is 5.82 Å². The number of nitrogen functional groups attached to an aromatic ring is 1. The van der Waals surface area contributed by atoms with Crippen molar-refractivity contribution in [2.45, 2.75) is 13.0 Å². The Labute approximate surface area is 82.0 Å². The molecule has 0 aliphatic heterocycles. The molecule has 1 aromatic heterocycles. The number of hydrogen-bond donors (Lipinski definition) is 2. The Morgan fingerprint density at radius 2 is 2.36 bits per heavy atom. The van der Waals surface area contributed by atoms with Crippen LogP contribution in [0.2, 0.25) is 0 Å². The number of nitriles is 1. The van der Waals surface area contributed by atoms with E-state index in [-0.39, 0.29) is 13.0 Å². The number of aliphatic hydroxyl groups is 1. The zero-order valence-corrected chi connectivity index (χ0v) is 7.49. The van der Waals surface area contributed by atoms with Gasteiger partial charge in [0.1, 0.15) is 5.82 Å². The van der Waals surface area contributed by atoms with E-state index in [1.54, 1.807) is 6.07 Å². The van der Waals surface area contributed by atoms with Crippen LogP contribution < -0.4 is 5.73 Å². The van der Waals surface area contributed by atoms with Gasteiger partial charge in [-0.05, 0) is 6.07 Å². The molecule has 0 saturated heterocycles. The first kappa shape index (κ1) is 10.0. The molecular formula is C10H9N3O. The molecule has 0 aromatic carbocycles. The smallest absolute Gasteiger partial charge is 0.128 e. The largest absolute Gasteiger partial charge is 0.392 e. The van der Waals surface area contributed by atoms with Crippen molar-refractivity contribution in [2.24, 2.45) is 0 Å². The molecular weight excluding hydrogens is 178 g/mol. The van der Waals surface area contributed by atoms with Gasteiger partial charge in [-0.1, -0.05) is 11.8 Å². The van der Waals surface area contributed by atoms with E-state index in [9.17, 15) is 0 Å². The first-order chi connectivity index (χ1) is 6.77. The lowest BCUT2D eigenvalue weighted by Gasteiger charge is -2.00. The fourth-order valence-electron chi connectivity index (χ4n) is 0.902. The lowest BCUT2D eigenvalue weighted by atomic mass is 10.2. The van der Waals surface area contributed by atoms with Crippen molar-refractivity contribution in [2.75, 3.05) is 5.73 Å². The van der Waals surface area contributed by atoms with Gasteiger partial charge < -0.3 is 10.8 Å². The van der Waals surface area contributed by atoms with Gasteiger partial charge >= 0.3 is 0 Å². The molecule has 0 atom stereocenters. The predicted molar refractivity (Wildman–Crippen MR) is 51.7 cm³/mol. The van der Waals surface area contributed by atoms with E-state index < -0.39 is 0 Å². The second-order valence-corrected chi connectivity index (χ2v) is 2.56. The zero-order valence-electron chi connectivity index (χ0n) is 7.49. The number of nitrogens with zero attached hydrogens (tertiary/aromatic N) is 2. The molecule has 0 unspecified atom stereocenters. The van der Waals surface area contributed by atoms with Crippen molar-refractivity contribution in [3.05, 3.63) is 23.4 Å². The van der Waals surface area contributed by atoms with E-state index in [1.807, 2.05) is 6.07 Å². The van der Waals surface area contributed by atoms with Crippen LogP contribution in [0.15, 0.2) is 12.3 Å². The van der Waals surface area contributed by atoms with Gasteiger partial charge in [0.25, 0.3) is 0 Å². The maximum Gasteiger partial charge on any atom is 0.128 e. The molecule has 4 nitrogen and oxygen atoms in total. The summed E-state index contributed by atoms with van der Waals surface area (Å²) in [4.78, 5) is 3.86. The summed E-state index contributed by atoms with van der Waals surface area (Å²) in [6.07, 6.45) is 1.69. The molecule has 70 valence electrons. The third kappa shape index (κ3) is 2.48. The van der Waals surface area contributed by atoms with Crippen LogP contribution in [-0.4, -0.2) is 10.1 Å². The highest BCUT2D eigenvalue weighted by atomic mass is 16.3. The average molecular weight is 187 g/mol. The van der Waals surface area contributed by atoms with Gasteiger partial charge in [-0.15, -0.1) is 0 Å². The summed E-state index contributed by atoms with van der Waals surface area (Å²) >= 11 is 0. The summed E-state index contributed by atoms with van der Waals surface area (Å²) in [5.74, 6) is 5.70. The minimum Gasteiger partial charge on any atom is -0.392 e. The van der Waals surface area contributed by atoms with Gasteiger partial charge in [-0.3, -0.25) is 0 Å². The van der Waals surface area contributed by atoms with Crippen molar-refractivity contribution in [3.63, 3.8) is 0 Å². The summed E-state index contributed by atoms with van der Waals surface area (Å²) in [7, 11) is 0. The monoisotopic (exact) mass is 187 g/mol. The molecule has 3 N–H and O–H groups in total. The molecule has 14 heavy (non-hydrogen) atoms. The molecule has 1 aromatic rings. The Bertz CT molecular complexity index is 423. The van der Waals surface area contributed by atoms with Gasteiger partial charge in [-0.2, -0.15) is 5.26 Å². The molecule has 0 aliphatic carbocycles. The summed E-state index contributed by atoms with van der Waals surface area (Å²) in [5, 5.41) is 17.2. The van der Waals surface area contributed by atoms with E-state index >= 15 is 0 Å². The van der Waals surface area contributed by atoms with Crippen LogP contribution in [0.5, 0.6) is 0 Å². The van der Waals surface area contributed by atoms with Crippen LogP contribution in [0.3, 0.4) is 0 Å². The van der Waals surface area contributed by atoms with Crippen LogP contribution in [0.4, 0.5) is 5.82 Å². The number of pyridine rings is 1. The maximum atomic E-state index is 8.89. The minimum atomic E-state index is -0.160. The molecule has 4 heteroatoms. The van der Waals surface area contributed by atoms with Crippen molar-refractivity contribution in [1.82, 2.24) is 4.98 Å².